The Morgan fingerprint density at radius 2 is 1.93 bits per heavy atom. The van der Waals surface area contributed by atoms with Crippen LogP contribution in [0.1, 0.15) is 12.0 Å². The quantitative estimate of drug-likeness (QED) is 0.592. The van der Waals surface area contributed by atoms with E-state index in [1.165, 1.54) is 10.9 Å². The molecular weight excluding hydrogens is 354 g/mol. The van der Waals surface area contributed by atoms with E-state index < -0.39 is 0 Å². The normalized spacial score (nSPS) is 17.9. The Balaban J connectivity index is 1.25. The molecule has 1 aliphatic rings. The van der Waals surface area contributed by atoms with Crippen molar-refractivity contribution >= 4 is 28.4 Å². The average Bonchev–Trinajstić information content (AvgIpc) is 3.43. The molecule has 144 valence electrons. The van der Waals surface area contributed by atoms with E-state index in [1.807, 2.05) is 36.5 Å². The molecule has 1 aromatic heterocycles. The number of rotatable bonds is 7. The number of fused-ring (bicyclic) bond motifs is 1. The lowest BCUT2D eigenvalue weighted by Gasteiger charge is -2.07. The van der Waals surface area contributed by atoms with Crippen LogP contribution in [0.15, 0.2) is 54.7 Å². The molecule has 2 atom stereocenters. The molecule has 2 amide bonds. The standard InChI is InChI=1S/C22H23N3O3/c1-28-16-6-4-5-15(11-16)25-22(27)19-12-18(19)21(26)23-10-9-14-13-24-20-8-3-2-7-17(14)20/h2-8,11,13,18-19,24H,9-10,12H2,1H3,(H,23,26)(H,25,27). The minimum absolute atomic E-state index is 0.0503. The van der Waals surface area contributed by atoms with Gasteiger partial charge in [0, 0.05) is 35.4 Å². The molecule has 1 heterocycles. The summed E-state index contributed by atoms with van der Waals surface area (Å²) in [5.41, 5.74) is 2.95. The first-order valence-corrected chi connectivity index (χ1v) is 9.43. The van der Waals surface area contributed by atoms with Crippen molar-refractivity contribution in [1.82, 2.24) is 10.3 Å². The highest BCUT2D eigenvalue weighted by atomic mass is 16.5. The Bertz CT molecular complexity index is 1010. The fourth-order valence-corrected chi connectivity index (χ4v) is 3.50. The highest BCUT2D eigenvalue weighted by Gasteiger charge is 2.47. The first kappa shape index (κ1) is 18.1. The molecule has 2 aromatic carbocycles. The number of methoxy groups -OCH3 is 1. The SMILES string of the molecule is COc1cccc(NC(=O)C2CC2C(=O)NCCc2c[nH]c3ccccc23)c1. The number of benzene rings is 2. The zero-order valence-electron chi connectivity index (χ0n) is 15.7. The van der Waals surface area contributed by atoms with Gasteiger partial charge >= 0.3 is 0 Å². The molecule has 2 unspecified atom stereocenters. The Morgan fingerprint density at radius 3 is 2.79 bits per heavy atom. The van der Waals surface area contributed by atoms with Crippen molar-refractivity contribution < 1.29 is 14.3 Å². The van der Waals surface area contributed by atoms with Crippen molar-refractivity contribution in [2.75, 3.05) is 19.0 Å². The van der Waals surface area contributed by atoms with Crippen LogP contribution in [0, 0.1) is 11.8 Å². The lowest BCUT2D eigenvalue weighted by Crippen LogP contribution is -2.29. The van der Waals surface area contributed by atoms with Crippen molar-refractivity contribution in [2.45, 2.75) is 12.8 Å². The predicted molar refractivity (Wildman–Crippen MR) is 108 cm³/mol. The van der Waals surface area contributed by atoms with Crippen molar-refractivity contribution in [3.05, 3.63) is 60.3 Å². The van der Waals surface area contributed by atoms with E-state index in [-0.39, 0.29) is 23.7 Å². The third-order valence-corrected chi connectivity index (χ3v) is 5.17. The fourth-order valence-electron chi connectivity index (χ4n) is 3.50. The second-order valence-corrected chi connectivity index (χ2v) is 7.07. The lowest BCUT2D eigenvalue weighted by molar-refractivity contribution is -0.125. The smallest absolute Gasteiger partial charge is 0.228 e. The summed E-state index contributed by atoms with van der Waals surface area (Å²) in [7, 11) is 1.58. The second-order valence-electron chi connectivity index (χ2n) is 7.07. The Labute approximate surface area is 163 Å². The third-order valence-electron chi connectivity index (χ3n) is 5.17. The molecule has 3 aromatic rings. The van der Waals surface area contributed by atoms with Crippen LogP contribution in [0.4, 0.5) is 5.69 Å². The largest absolute Gasteiger partial charge is 0.497 e. The molecular formula is C22H23N3O3. The van der Waals surface area contributed by atoms with Gasteiger partial charge in [0.2, 0.25) is 11.8 Å². The summed E-state index contributed by atoms with van der Waals surface area (Å²) in [5.74, 6) is 0.00343. The minimum atomic E-state index is -0.265. The van der Waals surface area contributed by atoms with Gasteiger partial charge in [0.15, 0.2) is 0 Å². The number of hydrogen-bond donors (Lipinski definition) is 3. The van der Waals surface area contributed by atoms with Crippen molar-refractivity contribution in [3.8, 4) is 5.75 Å². The van der Waals surface area contributed by atoms with Crippen LogP contribution in [0.2, 0.25) is 0 Å². The number of amides is 2. The lowest BCUT2D eigenvalue weighted by atomic mass is 10.1. The number of aromatic amines is 1. The molecule has 6 heteroatoms. The van der Waals surface area contributed by atoms with Gasteiger partial charge in [-0.2, -0.15) is 0 Å². The highest BCUT2D eigenvalue weighted by Crippen LogP contribution is 2.39. The van der Waals surface area contributed by atoms with Crippen molar-refractivity contribution in [3.63, 3.8) is 0 Å². The molecule has 4 rings (SSSR count). The topological polar surface area (TPSA) is 83.2 Å². The second kappa shape index (κ2) is 7.76. The molecule has 1 aliphatic carbocycles. The Kier molecular flexibility index (Phi) is 5.02. The molecule has 0 bridgehead atoms. The Hall–Kier alpha value is -3.28. The average molecular weight is 377 g/mol. The number of carbonyl (C=O) groups excluding carboxylic acids is 2. The monoisotopic (exact) mass is 377 g/mol. The maximum absolute atomic E-state index is 12.4. The van der Waals surface area contributed by atoms with Gasteiger partial charge in [-0.05, 0) is 36.6 Å². The zero-order valence-corrected chi connectivity index (χ0v) is 15.7. The highest BCUT2D eigenvalue weighted by molar-refractivity contribution is 5.99. The number of ether oxygens (including phenoxy) is 1. The summed E-state index contributed by atoms with van der Waals surface area (Å²) >= 11 is 0. The zero-order chi connectivity index (χ0) is 19.5. The maximum Gasteiger partial charge on any atom is 0.228 e. The molecule has 6 nitrogen and oxygen atoms in total. The number of nitrogens with one attached hydrogen (secondary N) is 3. The van der Waals surface area contributed by atoms with Crippen LogP contribution in [0.5, 0.6) is 5.75 Å². The van der Waals surface area contributed by atoms with Crippen LogP contribution >= 0.6 is 0 Å². The molecule has 1 saturated carbocycles. The van der Waals surface area contributed by atoms with E-state index in [0.29, 0.717) is 24.4 Å². The summed E-state index contributed by atoms with van der Waals surface area (Å²) in [6, 6.07) is 15.3. The van der Waals surface area contributed by atoms with Gasteiger partial charge in [-0.1, -0.05) is 24.3 Å². The fraction of sp³-hybridized carbons (Fsp3) is 0.273. The van der Waals surface area contributed by atoms with E-state index in [4.69, 9.17) is 4.74 Å². The predicted octanol–water partition coefficient (Wildman–Crippen LogP) is 3.11. The van der Waals surface area contributed by atoms with Crippen LogP contribution in [0.25, 0.3) is 10.9 Å². The molecule has 0 aliphatic heterocycles. The van der Waals surface area contributed by atoms with E-state index in [2.05, 4.69) is 21.7 Å². The number of hydrogen-bond acceptors (Lipinski definition) is 3. The summed E-state index contributed by atoms with van der Waals surface area (Å²) in [6.45, 7) is 0.557. The van der Waals surface area contributed by atoms with E-state index in [9.17, 15) is 9.59 Å². The summed E-state index contributed by atoms with van der Waals surface area (Å²) < 4.78 is 5.16. The van der Waals surface area contributed by atoms with Gasteiger partial charge in [0.25, 0.3) is 0 Å². The van der Waals surface area contributed by atoms with Gasteiger partial charge in [0.1, 0.15) is 5.75 Å². The number of para-hydroxylation sites is 1. The van der Waals surface area contributed by atoms with Crippen LogP contribution < -0.4 is 15.4 Å². The third kappa shape index (κ3) is 3.86. The van der Waals surface area contributed by atoms with Gasteiger partial charge in [-0.3, -0.25) is 9.59 Å². The molecule has 1 fully saturated rings. The van der Waals surface area contributed by atoms with E-state index in [0.717, 1.165) is 11.9 Å². The number of carbonyl (C=O) groups is 2. The number of aromatic nitrogens is 1. The first-order valence-electron chi connectivity index (χ1n) is 9.43. The first-order chi connectivity index (χ1) is 13.7. The van der Waals surface area contributed by atoms with Gasteiger partial charge in [-0.15, -0.1) is 0 Å². The molecule has 3 N–H and O–H groups in total. The number of anilines is 1. The Morgan fingerprint density at radius 1 is 1.11 bits per heavy atom. The van der Waals surface area contributed by atoms with E-state index >= 15 is 0 Å². The van der Waals surface area contributed by atoms with Gasteiger partial charge in [0.05, 0.1) is 18.9 Å². The summed E-state index contributed by atoms with van der Waals surface area (Å²) in [6.07, 6.45) is 3.33. The van der Waals surface area contributed by atoms with Gasteiger partial charge < -0.3 is 20.4 Å². The van der Waals surface area contributed by atoms with Crippen molar-refractivity contribution in [2.24, 2.45) is 11.8 Å². The maximum atomic E-state index is 12.4. The van der Waals surface area contributed by atoms with Crippen molar-refractivity contribution in [1.29, 1.82) is 0 Å². The molecule has 0 saturated heterocycles. The van der Waals surface area contributed by atoms with Crippen LogP contribution in [-0.2, 0) is 16.0 Å². The summed E-state index contributed by atoms with van der Waals surface area (Å²) in [4.78, 5) is 27.9. The number of H-pyrrole nitrogens is 1. The van der Waals surface area contributed by atoms with Crippen LogP contribution in [0.3, 0.4) is 0 Å². The van der Waals surface area contributed by atoms with E-state index in [1.54, 1.807) is 19.2 Å². The minimum Gasteiger partial charge on any atom is -0.497 e. The summed E-state index contributed by atoms with van der Waals surface area (Å²) in [5, 5.41) is 7.00. The molecule has 0 radical (unpaired) electrons. The molecule has 28 heavy (non-hydrogen) atoms. The van der Waals surface area contributed by atoms with Crippen LogP contribution in [-0.4, -0.2) is 30.5 Å². The van der Waals surface area contributed by atoms with Gasteiger partial charge in [-0.25, -0.2) is 0 Å². The molecule has 0 spiro atoms.